The van der Waals surface area contributed by atoms with Gasteiger partial charge in [0.15, 0.2) is 0 Å². The zero-order valence-electron chi connectivity index (χ0n) is 9.52. The summed E-state index contributed by atoms with van der Waals surface area (Å²) in [5.74, 6) is 0.631. The van der Waals surface area contributed by atoms with Gasteiger partial charge in [-0.3, -0.25) is 9.89 Å². The molecule has 5 nitrogen and oxygen atoms in total. The fraction of sp³-hybridized carbons (Fsp3) is 0.167. The third-order valence-corrected chi connectivity index (χ3v) is 2.67. The van der Waals surface area contributed by atoms with Crippen molar-refractivity contribution < 1.29 is 9.53 Å². The van der Waals surface area contributed by atoms with Crippen LogP contribution in [0.4, 0.5) is 5.69 Å². The smallest absolute Gasteiger partial charge is 0.227 e. The van der Waals surface area contributed by atoms with E-state index in [1.807, 2.05) is 24.3 Å². The number of hydrogen-bond acceptors (Lipinski definition) is 3. The van der Waals surface area contributed by atoms with Crippen LogP contribution in [0.15, 0.2) is 41.1 Å². The Hall–Kier alpha value is -1.82. The fourth-order valence-corrected chi connectivity index (χ4v) is 1.74. The number of rotatable bonds is 5. The average molecular weight is 310 g/mol. The van der Waals surface area contributed by atoms with Crippen LogP contribution in [0.25, 0.3) is 0 Å². The molecule has 94 valence electrons. The molecule has 0 aliphatic rings. The summed E-state index contributed by atoms with van der Waals surface area (Å²) < 4.78 is 6.41. The summed E-state index contributed by atoms with van der Waals surface area (Å²) in [6.45, 7) is 0.333. The van der Waals surface area contributed by atoms with Crippen molar-refractivity contribution in [3.05, 3.63) is 41.1 Å². The van der Waals surface area contributed by atoms with Gasteiger partial charge in [-0.2, -0.15) is 5.10 Å². The first kappa shape index (κ1) is 12.6. The van der Waals surface area contributed by atoms with Crippen LogP contribution in [0.3, 0.4) is 0 Å². The van der Waals surface area contributed by atoms with Crippen molar-refractivity contribution in [1.82, 2.24) is 10.2 Å². The molecular formula is C12H12BrN3O2. The Bertz CT molecular complexity index is 514. The number of aromatic nitrogens is 2. The van der Waals surface area contributed by atoms with E-state index < -0.39 is 0 Å². The highest BCUT2D eigenvalue weighted by Gasteiger charge is 2.03. The van der Waals surface area contributed by atoms with Crippen LogP contribution >= 0.6 is 15.9 Å². The maximum Gasteiger partial charge on any atom is 0.227 e. The van der Waals surface area contributed by atoms with Gasteiger partial charge in [0.2, 0.25) is 5.91 Å². The highest BCUT2D eigenvalue weighted by atomic mass is 79.9. The molecule has 0 aliphatic carbocycles. The number of hydrogen-bond donors (Lipinski definition) is 2. The van der Waals surface area contributed by atoms with E-state index in [9.17, 15) is 4.79 Å². The molecule has 2 aromatic rings. The molecule has 0 saturated heterocycles. The summed E-state index contributed by atoms with van der Waals surface area (Å²) in [4.78, 5) is 11.5. The lowest BCUT2D eigenvalue weighted by Crippen LogP contribution is -2.14. The lowest BCUT2D eigenvalue weighted by molar-refractivity contribution is -0.116. The summed E-state index contributed by atoms with van der Waals surface area (Å²) in [7, 11) is 0. The van der Waals surface area contributed by atoms with Crippen molar-refractivity contribution in [2.45, 2.75) is 6.42 Å². The minimum atomic E-state index is -0.105. The van der Waals surface area contributed by atoms with Gasteiger partial charge in [-0.1, -0.05) is 22.0 Å². The zero-order chi connectivity index (χ0) is 12.8. The molecule has 0 aliphatic heterocycles. The number of amides is 1. The van der Waals surface area contributed by atoms with Crippen molar-refractivity contribution >= 4 is 27.5 Å². The van der Waals surface area contributed by atoms with E-state index in [4.69, 9.17) is 4.74 Å². The van der Waals surface area contributed by atoms with Crippen LogP contribution in [-0.4, -0.2) is 22.7 Å². The molecule has 18 heavy (non-hydrogen) atoms. The Kier molecular flexibility index (Phi) is 4.35. The van der Waals surface area contributed by atoms with Crippen molar-refractivity contribution in [2.24, 2.45) is 0 Å². The lowest BCUT2D eigenvalue weighted by atomic mass is 10.3. The maximum absolute atomic E-state index is 11.5. The van der Waals surface area contributed by atoms with E-state index in [-0.39, 0.29) is 12.3 Å². The number of benzene rings is 1. The molecule has 1 amide bonds. The average Bonchev–Trinajstić information content (AvgIpc) is 2.82. The van der Waals surface area contributed by atoms with Crippen molar-refractivity contribution in [2.75, 3.05) is 11.9 Å². The van der Waals surface area contributed by atoms with Gasteiger partial charge in [-0.25, -0.2) is 0 Å². The first-order valence-electron chi connectivity index (χ1n) is 5.41. The number of halogens is 1. The van der Waals surface area contributed by atoms with Gasteiger partial charge in [0.05, 0.1) is 24.9 Å². The van der Waals surface area contributed by atoms with E-state index in [0.717, 1.165) is 10.2 Å². The number of nitrogens with zero attached hydrogens (tertiary/aromatic N) is 1. The Morgan fingerprint density at radius 3 is 3.11 bits per heavy atom. The Labute approximate surface area is 113 Å². The molecule has 1 heterocycles. The standard InChI is InChI=1S/C12H12BrN3O2/c13-9-2-1-3-11(6-9)18-5-4-12(17)16-10-7-14-15-8-10/h1-3,6-8H,4-5H2,(H,14,15)(H,16,17). The first-order valence-corrected chi connectivity index (χ1v) is 6.20. The molecule has 0 unspecified atom stereocenters. The number of H-pyrrole nitrogens is 1. The SMILES string of the molecule is O=C(CCOc1cccc(Br)c1)Nc1cn[nH]c1. The number of carbonyl (C=O) groups is 1. The predicted molar refractivity (Wildman–Crippen MR) is 71.5 cm³/mol. The molecule has 0 fully saturated rings. The molecule has 0 bridgehead atoms. The van der Waals surface area contributed by atoms with Gasteiger partial charge >= 0.3 is 0 Å². The summed E-state index contributed by atoms with van der Waals surface area (Å²) >= 11 is 3.35. The summed E-state index contributed by atoms with van der Waals surface area (Å²) in [6, 6.07) is 7.50. The molecule has 0 spiro atoms. The lowest BCUT2D eigenvalue weighted by Gasteiger charge is -2.06. The van der Waals surface area contributed by atoms with E-state index >= 15 is 0 Å². The summed E-state index contributed by atoms with van der Waals surface area (Å²) in [6.07, 6.45) is 3.46. The highest BCUT2D eigenvalue weighted by molar-refractivity contribution is 9.10. The van der Waals surface area contributed by atoms with Crippen molar-refractivity contribution in [3.63, 3.8) is 0 Å². The van der Waals surface area contributed by atoms with Crippen LogP contribution < -0.4 is 10.1 Å². The molecule has 1 aromatic heterocycles. The molecular weight excluding hydrogens is 298 g/mol. The normalized spacial score (nSPS) is 10.1. The van der Waals surface area contributed by atoms with Gasteiger partial charge in [0.1, 0.15) is 5.75 Å². The van der Waals surface area contributed by atoms with E-state index in [0.29, 0.717) is 12.3 Å². The van der Waals surface area contributed by atoms with Gasteiger partial charge < -0.3 is 10.1 Å². The van der Waals surface area contributed by atoms with Crippen LogP contribution in [0.2, 0.25) is 0 Å². The third kappa shape index (κ3) is 3.89. The van der Waals surface area contributed by atoms with Crippen LogP contribution in [0, 0.1) is 0 Å². The minimum Gasteiger partial charge on any atom is -0.493 e. The summed E-state index contributed by atoms with van der Waals surface area (Å²) in [5, 5.41) is 9.06. The molecule has 2 N–H and O–H groups in total. The van der Waals surface area contributed by atoms with Crippen molar-refractivity contribution in [1.29, 1.82) is 0 Å². The Balaban J connectivity index is 1.73. The second-order valence-corrected chi connectivity index (χ2v) is 4.51. The number of carbonyl (C=O) groups excluding carboxylic acids is 1. The predicted octanol–water partition coefficient (Wildman–Crippen LogP) is 2.58. The van der Waals surface area contributed by atoms with Gasteiger partial charge in [0, 0.05) is 10.7 Å². The third-order valence-electron chi connectivity index (χ3n) is 2.18. The number of ether oxygens (including phenoxy) is 1. The van der Waals surface area contributed by atoms with E-state index in [1.54, 1.807) is 12.4 Å². The summed E-state index contributed by atoms with van der Waals surface area (Å²) in [5.41, 5.74) is 0.655. The zero-order valence-corrected chi connectivity index (χ0v) is 11.1. The second-order valence-electron chi connectivity index (χ2n) is 3.59. The molecule has 0 saturated carbocycles. The van der Waals surface area contributed by atoms with Crippen LogP contribution in [0.5, 0.6) is 5.75 Å². The minimum absolute atomic E-state index is 0.105. The van der Waals surface area contributed by atoms with Crippen LogP contribution in [0.1, 0.15) is 6.42 Å². The van der Waals surface area contributed by atoms with Gasteiger partial charge in [0.25, 0.3) is 0 Å². The van der Waals surface area contributed by atoms with Gasteiger partial charge in [-0.05, 0) is 18.2 Å². The highest BCUT2D eigenvalue weighted by Crippen LogP contribution is 2.17. The van der Waals surface area contributed by atoms with E-state index in [1.165, 1.54) is 0 Å². The monoisotopic (exact) mass is 309 g/mol. The number of nitrogens with one attached hydrogen (secondary N) is 2. The largest absolute Gasteiger partial charge is 0.493 e. The molecule has 0 radical (unpaired) electrons. The van der Waals surface area contributed by atoms with Gasteiger partial charge in [-0.15, -0.1) is 0 Å². The Morgan fingerprint density at radius 2 is 2.39 bits per heavy atom. The van der Waals surface area contributed by atoms with E-state index in [2.05, 4.69) is 31.4 Å². The van der Waals surface area contributed by atoms with Crippen molar-refractivity contribution in [3.8, 4) is 5.75 Å². The molecule has 6 heteroatoms. The first-order chi connectivity index (χ1) is 8.74. The molecule has 1 aromatic carbocycles. The quantitative estimate of drug-likeness (QED) is 0.892. The topological polar surface area (TPSA) is 67.0 Å². The maximum atomic E-state index is 11.5. The molecule has 0 atom stereocenters. The molecule has 2 rings (SSSR count). The number of aromatic amines is 1. The fourth-order valence-electron chi connectivity index (χ4n) is 1.36. The second kappa shape index (κ2) is 6.20. The Morgan fingerprint density at radius 1 is 1.50 bits per heavy atom. The number of anilines is 1. The van der Waals surface area contributed by atoms with Crippen LogP contribution in [-0.2, 0) is 4.79 Å².